The lowest BCUT2D eigenvalue weighted by Crippen LogP contribution is -2.20. The summed E-state index contributed by atoms with van der Waals surface area (Å²) in [5.74, 6) is 0.129. The van der Waals surface area contributed by atoms with Crippen molar-refractivity contribution in [3.63, 3.8) is 0 Å². The van der Waals surface area contributed by atoms with Crippen molar-refractivity contribution in [1.29, 1.82) is 0 Å². The summed E-state index contributed by atoms with van der Waals surface area (Å²) >= 11 is 0. The highest BCUT2D eigenvalue weighted by atomic mass is 16.2. The number of carbonyl (C=O) groups excluding carboxylic acids is 1. The Hall–Kier alpha value is -2.29. The van der Waals surface area contributed by atoms with E-state index in [1.54, 1.807) is 4.90 Å². The van der Waals surface area contributed by atoms with Crippen LogP contribution in [0.4, 0.5) is 17.1 Å². The van der Waals surface area contributed by atoms with Crippen LogP contribution in [0.3, 0.4) is 0 Å². The van der Waals surface area contributed by atoms with Crippen molar-refractivity contribution in [3.05, 3.63) is 54.1 Å². The van der Waals surface area contributed by atoms with Gasteiger partial charge in [0.05, 0.1) is 17.8 Å². The summed E-state index contributed by atoms with van der Waals surface area (Å²) < 4.78 is 0. The zero-order chi connectivity index (χ0) is 12.5. The third kappa shape index (κ3) is 1.64. The van der Waals surface area contributed by atoms with Gasteiger partial charge in [-0.3, -0.25) is 9.69 Å². The molecule has 0 spiro atoms. The summed E-state index contributed by atoms with van der Waals surface area (Å²) in [6, 6.07) is 15.8. The molecule has 0 saturated heterocycles. The summed E-state index contributed by atoms with van der Waals surface area (Å²) in [4.78, 5) is 13.9. The molecule has 3 heteroatoms. The van der Waals surface area contributed by atoms with Gasteiger partial charge in [0.25, 0.3) is 0 Å². The minimum atomic E-state index is 0.129. The first-order valence-electron chi connectivity index (χ1n) is 5.98. The molecule has 0 aromatic heterocycles. The molecule has 2 aromatic carbocycles. The van der Waals surface area contributed by atoms with Crippen LogP contribution in [-0.4, -0.2) is 13.0 Å². The van der Waals surface area contributed by atoms with Crippen molar-refractivity contribution in [2.75, 3.05) is 17.3 Å². The molecule has 3 nitrogen and oxygen atoms in total. The molecule has 1 aliphatic rings. The fourth-order valence-electron chi connectivity index (χ4n) is 2.34. The van der Waals surface area contributed by atoms with Crippen LogP contribution in [0.5, 0.6) is 0 Å². The number of hydrogen-bond donors (Lipinski definition) is 1. The minimum Gasteiger partial charge on any atom is -0.388 e. The number of anilines is 3. The third-order valence-corrected chi connectivity index (χ3v) is 3.22. The van der Waals surface area contributed by atoms with Crippen molar-refractivity contribution in [3.8, 4) is 0 Å². The Bertz CT molecular complexity index is 607. The van der Waals surface area contributed by atoms with Crippen LogP contribution in [-0.2, 0) is 11.2 Å². The molecule has 0 bridgehead atoms. The zero-order valence-corrected chi connectivity index (χ0v) is 10.2. The molecule has 0 unspecified atom stereocenters. The van der Waals surface area contributed by atoms with Gasteiger partial charge in [0.2, 0.25) is 5.91 Å². The molecular weight excluding hydrogens is 224 g/mol. The van der Waals surface area contributed by atoms with Crippen LogP contribution in [0.2, 0.25) is 0 Å². The average molecular weight is 238 g/mol. The SMILES string of the molecule is CNc1cccc(N2C(=O)Cc3ccccc32)c1. The Morgan fingerprint density at radius 3 is 2.78 bits per heavy atom. The van der Waals surface area contributed by atoms with Crippen LogP contribution in [0, 0.1) is 0 Å². The number of nitrogens with zero attached hydrogens (tertiary/aromatic N) is 1. The summed E-state index contributed by atoms with van der Waals surface area (Å²) in [6.45, 7) is 0. The molecule has 0 fully saturated rings. The van der Waals surface area contributed by atoms with Gasteiger partial charge in [-0.1, -0.05) is 24.3 Å². The van der Waals surface area contributed by atoms with Gasteiger partial charge < -0.3 is 5.32 Å². The van der Waals surface area contributed by atoms with Gasteiger partial charge >= 0.3 is 0 Å². The molecule has 90 valence electrons. The maximum atomic E-state index is 12.1. The average Bonchev–Trinajstić information content (AvgIpc) is 2.74. The Kier molecular flexibility index (Phi) is 2.52. The second kappa shape index (κ2) is 4.18. The van der Waals surface area contributed by atoms with Gasteiger partial charge in [0, 0.05) is 12.7 Å². The Morgan fingerprint density at radius 1 is 1.11 bits per heavy atom. The second-order valence-electron chi connectivity index (χ2n) is 4.33. The number of carbonyl (C=O) groups is 1. The van der Waals surface area contributed by atoms with Gasteiger partial charge in [-0.2, -0.15) is 0 Å². The van der Waals surface area contributed by atoms with E-state index in [9.17, 15) is 4.79 Å². The van der Waals surface area contributed by atoms with Crippen molar-refractivity contribution in [2.45, 2.75) is 6.42 Å². The molecule has 0 radical (unpaired) electrons. The molecule has 1 aliphatic heterocycles. The van der Waals surface area contributed by atoms with Crippen molar-refractivity contribution < 1.29 is 4.79 Å². The molecule has 0 atom stereocenters. The molecule has 1 amide bonds. The highest BCUT2D eigenvalue weighted by Crippen LogP contribution is 2.35. The van der Waals surface area contributed by atoms with Crippen LogP contribution in [0.25, 0.3) is 0 Å². The summed E-state index contributed by atoms with van der Waals surface area (Å²) in [5, 5.41) is 3.09. The van der Waals surface area contributed by atoms with E-state index in [-0.39, 0.29) is 5.91 Å². The quantitative estimate of drug-likeness (QED) is 0.872. The predicted octanol–water partition coefficient (Wildman–Crippen LogP) is 2.95. The van der Waals surface area contributed by atoms with Gasteiger partial charge in [0.1, 0.15) is 0 Å². The van der Waals surface area contributed by atoms with Crippen molar-refractivity contribution in [1.82, 2.24) is 0 Å². The van der Waals surface area contributed by atoms with E-state index in [2.05, 4.69) is 5.32 Å². The predicted molar refractivity (Wildman–Crippen MR) is 73.3 cm³/mol. The highest BCUT2D eigenvalue weighted by molar-refractivity contribution is 6.07. The summed E-state index contributed by atoms with van der Waals surface area (Å²) in [5.41, 5.74) is 4.01. The molecule has 1 heterocycles. The molecule has 1 N–H and O–H groups in total. The first kappa shape index (κ1) is 10.8. The topological polar surface area (TPSA) is 32.3 Å². The fraction of sp³-hybridized carbons (Fsp3) is 0.133. The summed E-state index contributed by atoms with van der Waals surface area (Å²) in [6.07, 6.45) is 0.486. The molecule has 2 aromatic rings. The maximum Gasteiger partial charge on any atom is 0.236 e. The maximum absolute atomic E-state index is 12.1. The monoisotopic (exact) mass is 238 g/mol. The van der Waals surface area contributed by atoms with Crippen molar-refractivity contribution >= 4 is 23.0 Å². The van der Waals surface area contributed by atoms with Crippen LogP contribution < -0.4 is 10.2 Å². The number of hydrogen-bond acceptors (Lipinski definition) is 2. The van der Waals surface area contributed by atoms with Crippen molar-refractivity contribution in [2.24, 2.45) is 0 Å². The van der Waals surface area contributed by atoms with Gasteiger partial charge in [-0.15, -0.1) is 0 Å². The number of rotatable bonds is 2. The van der Waals surface area contributed by atoms with E-state index < -0.39 is 0 Å². The largest absolute Gasteiger partial charge is 0.388 e. The molecule has 18 heavy (non-hydrogen) atoms. The van der Waals surface area contributed by atoms with Crippen LogP contribution in [0.1, 0.15) is 5.56 Å². The molecular formula is C15H14N2O. The number of para-hydroxylation sites is 1. The fourth-order valence-corrected chi connectivity index (χ4v) is 2.34. The van der Waals surface area contributed by atoms with E-state index in [1.807, 2.05) is 55.6 Å². The Morgan fingerprint density at radius 2 is 1.94 bits per heavy atom. The number of fused-ring (bicyclic) bond motifs is 1. The lowest BCUT2D eigenvalue weighted by molar-refractivity contribution is -0.116. The van der Waals surface area contributed by atoms with Crippen LogP contribution in [0.15, 0.2) is 48.5 Å². The highest BCUT2D eigenvalue weighted by Gasteiger charge is 2.27. The number of benzene rings is 2. The number of amides is 1. The van der Waals surface area contributed by atoms with Crippen LogP contribution >= 0.6 is 0 Å². The first-order valence-corrected chi connectivity index (χ1v) is 5.98. The lowest BCUT2D eigenvalue weighted by Gasteiger charge is -2.18. The second-order valence-corrected chi connectivity index (χ2v) is 4.33. The van der Waals surface area contributed by atoms with E-state index >= 15 is 0 Å². The van der Waals surface area contributed by atoms with E-state index in [0.717, 1.165) is 22.6 Å². The molecule has 0 saturated carbocycles. The third-order valence-electron chi connectivity index (χ3n) is 3.22. The normalized spacial score (nSPS) is 13.6. The Balaban J connectivity index is 2.08. The molecule has 0 aliphatic carbocycles. The minimum absolute atomic E-state index is 0.129. The zero-order valence-electron chi connectivity index (χ0n) is 10.2. The van der Waals surface area contributed by atoms with Gasteiger partial charge in [-0.05, 0) is 29.8 Å². The molecule has 3 rings (SSSR count). The van der Waals surface area contributed by atoms with E-state index in [1.165, 1.54) is 0 Å². The van der Waals surface area contributed by atoms with E-state index in [0.29, 0.717) is 6.42 Å². The standard InChI is InChI=1S/C15H14N2O/c1-16-12-6-4-7-13(10-12)17-14-8-3-2-5-11(14)9-15(17)18/h2-8,10,16H,9H2,1H3. The number of nitrogens with one attached hydrogen (secondary N) is 1. The summed E-state index contributed by atoms with van der Waals surface area (Å²) in [7, 11) is 1.87. The van der Waals surface area contributed by atoms with Gasteiger partial charge in [-0.25, -0.2) is 0 Å². The first-order chi connectivity index (χ1) is 8.79. The lowest BCUT2D eigenvalue weighted by atomic mass is 10.2. The Labute approximate surface area is 106 Å². The smallest absolute Gasteiger partial charge is 0.236 e. The van der Waals surface area contributed by atoms with E-state index in [4.69, 9.17) is 0 Å². The van der Waals surface area contributed by atoms with Gasteiger partial charge in [0.15, 0.2) is 0 Å².